The molecule has 1 aromatic carbocycles. The fourth-order valence-corrected chi connectivity index (χ4v) is 1.68. The number of amides is 1. The van der Waals surface area contributed by atoms with E-state index in [9.17, 15) is 19.3 Å². The highest BCUT2D eigenvalue weighted by Gasteiger charge is 2.19. The third-order valence-electron chi connectivity index (χ3n) is 2.95. The number of likely N-dealkylation sites (N-methyl/N-ethyl adjacent to an activating group) is 2. The summed E-state index contributed by atoms with van der Waals surface area (Å²) >= 11 is 0. The van der Waals surface area contributed by atoms with Gasteiger partial charge in [-0.25, -0.2) is 0 Å². The van der Waals surface area contributed by atoms with Crippen molar-refractivity contribution in [1.82, 2.24) is 9.80 Å². The second-order valence-corrected chi connectivity index (χ2v) is 4.60. The molecular formula is C13H18FN3O3. The summed E-state index contributed by atoms with van der Waals surface area (Å²) in [5, 5.41) is 10.7. The highest BCUT2D eigenvalue weighted by atomic mass is 19.1. The molecule has 0 aliphatic rings. The quantitative estimate of drug-likeness (QED) is 0.588. The molecule has 0 radical (unpaired) electrons. The molecule has 0 aliphatic carbocycles. The van der Waals surface area contributed by atoms with E-state index in [1.807, 2.05) is 6.92 Å². The van der Waals surface area contributed by atoms with Crippen LogP contribution in [0.2, 0.25) is 0 Å². The van der Waals surface area contributed by atoms with Crippen molar-refractivity contribution in [3.8, 4) is 0 Å². The average Bonchev–Trinajstić information content (AvgIpc) is 2.39. The van der Waals surface area contributed by atoms with Gasteiger partial charge >= 0.3 is 5.69 Å². The van der Waals surface area contributed by atoms with E-state index in [2.05, 4.69) is 0 Å². The number of nitro groups is 1. The molecule has 20 heavy (non-hydrogen) atoms. The number of nitrogens with zero attached hydrogens (tertiary/aromatic N) is 3. The van der Waals surface area contributed by atoms with E-state index in [0.717, 1.165) is 6.07 Å². The standard InChI is InChI=1S/C13H18FN3O3/c1-4-16(9-12(18)15(2)3)8-10-6-5-7-11(13(10)14)17(19)20/h5-7H,4,8-9H2,1-3H3. The Hall–Kier alpha value is -2.02. The van der Waals surface area contributed by atoms with Crippen molar-refractivity contribution in [2.75, 3.05) is 27.2 Å². The molecule has 6 nitrogen and oxygen atoms in total. The Morgan fingerprint density at radius 1 is 1.40 bits per heavy atom. The van der Waals surface area contributed by atoms with Crippen LogP contribution in [0.4, 0.5) is 10.1 Å². The van der Waals surface area contributed by atoms with Crippen LogP contribution in [-0.4, -0.2) is 47.8 Å². The topological polar surface area (TPSA) is 66.7 Å². The zero-order valence-corrected chi connectivity index (χ0v) is 11.8. The molecular weight excluding hydrogens is 265 g/mol. The summed E-state index contributed by atoms with van der Waals surface area (Å²) in [6.45, 7) is 2.69. The van der Waals surface area contributed by atoms with Gasteiger partial charge in [-0.1, -0.05) is 19.1 Å². The van der Waals surface area contributed by atoms with Crippen LogP contribution in [0.3, 0.4) is 0 Å². The van der Waals surface area contributed by atoms with Gasteiger partial charge < -0.3 is 4.90 Å². The number of hydrogen-bond acceptors (Lipinski definition) is 4. The van der Waals surface area contributed by atoms with E-state index in [1.54, 1.807) is 19.0 Å². The van der Waals surface area contributed by atoms with Crippen molar-refractivity contribution in [1.29, 1.82) is 0 Å². The Balaban J connectivity index is 2.88. The smallest absolute Gasteiger partial charge is 0.305 e. The minimum Gasteiger partial charge on any atom is -0.348 e. The van der Waals surface area contributed by atoms with Crippen molar-refractivity contribution in [2.24, 2.45) is 0 Å². The van der Waals surface area contributed by atoms with Crippen molar-refractivity contribution < 1.29 is 14.1 Å². The van der Waals surface area contributed by atoms with Crippen molar-refractivity contribution in [2.45, 2.75) is 13.5 Å². The number of nitro benzene ring substituents is 1. The van der Waals surface area contributed by atoms with Crippen LogP contribution in [0.15, 0.2) is 18.2 Å². The van der Waals surface area contributed by atoms with Gasteiger partial charge in [0.1, 0.15) is 0 Å². The van der Waals surface area contributed by atoms with E-state index in [0.29, 0.717) is 6.54 Å². The van der Waals surface area contributed by atoms with Gasteiger partial charge in [-0.2, -0.15) is 4.39 Å². The molecule has 0 N–H and O–H groups in total. The lowest BCUT2D eigenvalue weighted by Crippen LogP contribution is -2.36. The minimum absolute atomic E-state index is 0.0994. The Labute approximate surface area is 116 Å². The Morgan fingerprint density at radius 3 is 2.55 bits per heavy atom. The van der Waals surface area contributed by atoms with Crippen LogP contribution in [0.25, 0.3) is 0 Å². The van der Waals surface area contributed by atoms with E-state index in [-0.39, 0.29) is 24.6 Å². The molecule has 0 fully saturated rings. The SMILES string of the molecule is CCN(CC(=O)N(C)C)Cc1cccc([N+](=O)[O-])c1F. The predicted molar refractivity (Wildman–Crippen MR) is 72.7 cm³/mol. The van der Waals surface area contributed by atoms with Gasteiger partial charge in [0.25, 0.3) is 0 Å². The van der Waals surface area contributed by atoms with Gasteiger partial charge in [0.05, 0.1) is 11.5 Å². The van der Waals surface area contributed by atoms with Crippen LogP contribution < -0.4 is 0 Å². The molecule has 0 aliphatic heterocycles. The highest BCUT2D eigenvalue weighted by molar-refractivity contribution is 5.77. The lowest BCUT2D eigenvalue weighted by atomic mass is 10.1. The lowest BCUT2D eigenvalue weighted by Gasteiger charge is -2.22. The maximum Gasteiger partial charge on any atom is 0.305 e. The molecule has 0 spiro atoms. The minimum atomic E-state index is -0.840. The predicted octanol–water partition coefficient (Wildman–Crippen LogP) is 1.64. The van der Waals surface area contributed by atoms with Crippen molar-refractivity contribution in [3.63, 3.8) is 0 Å². The number of benzene rings is 1. The average molecular weight is 283 g/mol. The summed E-state index contributed by atoms with van der Waals surface area (Å²) in [6, 6.07) is 4.06. The summed E-state index contributed by atoms with van der Waals surface area (Å²) in [5.41, 5.74) is -0.329. The first-order valence-electron chi connectivity index (χ1n) is 6.21. The summed E-state index contributed by atoms with van der Waals surface area (Å²) < 4.78 is 14.0. The third kappa shape index (κ3) is 3.99. The van der Waals surface area contributed by atoms with Crippen LogP contribution in [-0.2, 0) is 11.3 Å². The van der Waals surface area contributed by atoms with E-state index < -0.39 is 16.4 Å². The molecule has 0 unspecified atom stereocenters. The largest absolute Gasteiger partial charge is 0.348 e. The van der Waals surface area contributed by atoms with Gasteiger partial charge in [-0.05, 0) is 6.54 Å². The molecule has 7 heteroatoms. The normalized spacial score (nSPS) is 10.7. The molecule has 0 aromatic heterocycles. The highest BCUT2D eigenvalue weighted by Crippen LogP contribution is 2.21. The van der Waals surface area contributed by atoms with Gasteiger partial charge in [0, 0.05) is 32.3 Å². The second-order valence-electron chi connectivity index (χ2n) is 4.60. The first-order valence-corrected chi connectivity index (χ1v) is 6.21. The van der Waals surface area contributed by atoms with Crippen LogP contribution in [0.1, 0.15) is 12.5 Å². The molecule has 110 valence electrons. The molecule has 1 aromatic rings. The maximum atomic E-state index is 14.0. The van der Waals surface area contributed by atoms with Crippen LogP contribution in [0.5, 0.6) is 0 Å². The van der Waals surface area contributed by atoms with Gasteiger partial charge in [-0.15, -0.1) is 0 Å². The van der Waals surface area contributed by atoms with Crippen LogP contribution >= 0.6 is 0 Å². The van der Waals surface area contributed by atoms with Crippen molar-refractivity contribution >= 4 is 11.6 Å². The molecule has 0 bridgehead atoms. The molecule has 0 heterocycles. The second kappa shape index (κ2) is 6.95. The van der Waals surface area contributed by atoms with Gasteiger partial charge in [0.2, 0.25) is 11.7 Å². The summed E-state index contributed by atoms with van der Waals surface area (Å²) in [7, 11) is 3.29. The summed E-state index contributed by atoms with van der Waals surface area (Å²) in [5.74, 6) is -0.939. The third-order valence-corrected chi connectivity index (χ3v) is 2.95. The number of hydrogen-bond donors (Lipinski definition) is 0. The summed E-state index contributed by atoms with van der Waals surface area (Å²) in [4.78, 5) is 24.8. The first kappa shape index (κ1) is 16.0. The Kier molecular flexibility index (Phi) is 5.57. The van der Waals surface area contributed by atoms with E-state index >= 15 is 0 Å². The molecule has 0 saturated heterocycles. The lowest BCUT2D eigenvalue weighted by molar-refractivity contribution is -0.387. The van der Waals surface area contributed by atoms with E-state index in [4.69, 9.17) is 0 Å². The number of carbonyl (C=O) groups excluding carboxylic acids is 1. The molecule has 0 atom stereocenters. The number of rotatable bonds is 6. The van der Waals surface area contributed by atoms with Crippen molar-refractivity contribution in [3.05, 3.63) is 39.7 Å². The number of carbonyl (C=O) groups is 1. The Bertz CT molecular complexity index is 506. The zero-order chi connectivity index (χ0) is 15.3. The Morgan fingerprint density at radius 2 is 2.05 bits per heavy atom. The maximum absolute atomic E-state index is 14.0. The fourth-order valence-electron chi connectivity index (χ4n) is 1.68. The molecule has 0 saturated carbocycles. The summed E-state index contributed by atoms with van der Waals surface area (Å²) in [6.07, 6.45) is 0. The monoisotopic (exact) mass is 283 g/mol. The first-order chi connectivity index (χ1) is 9.36. The number of halogens is 1. The molecule has 1 amide bonds. The van der Waals surface area contributed by atoms with E-state index in [1.165, 1.54) is 17.0 Å². The fraction of sp³-hybridized carbons (Fsp3) is 0.462. The molecule has 1 rings (SSSR count). The van der Waals surface area contributed by atoms with Gasteiger partial charge in [0.15, 0.2) is 0 Å². The van der Waals surface area contributed by atoms with Gasteiger partial charge in [-0.3, -0.25) is 19.8 Å². The zero-order valence-electron chi connectivity index (χ0n) is 11.8. The van der Waals surface area contributed by atoms with Crippen LogP contribution in [0, 0.1) is 15.9 Å².